The molecular formula is C17H18FN5. The Morgan fingerprint density at radius 2 is 1.91 bits per heavy atom. The zero-order valence-electron chi connectivity index (χ0n) is 13.0. The molecule has 2 aromatic heterocycles. The maximum atomic E-state index is 13.0. The molecule has 0 atom stereocenters. The zero-order valence-corrected chi connectivity index (χ0v) is 13.0. The Hall–Kier alpha value is -2.50. The van der Waals surface area contributed by atoms with Crippen LogP contribution in [0.2, 0.25) is 0 Å². The molecule has 5 nitrogen and oxygen atoms in total. The van der Waals surface area contributed by atoms with Gasteiger partial charge in [0.05, 0.1) is 5.69 Å². The number of halogens is 1. The lowest BCUT2D eigenvalue weighted by atomic mass is 9.96. The molecule has 0 spiro atoms. The van der Waals surface area contributed by atoms with E-state index in [4.69, 9.17) is 0 Å². The average Bonchev–Trinajstić information content (AvgIpc) is 2.93. The van der Waals surface area contributed by atoms with E-state index in [1.54, 1.807) is 16.6 Å². The van der Waals surface area contributed by atoms with Crippen LogP contribution in [0.25, 0.3) is 5.78 Å². The zero-order chi connectivity index (χ0) is 15.8. The molecule has 0 fully saturated rings. The van der Waals surface area contributed by atoms with Crippen molar-refractivity contribution in [3.8, 4) is 0 Å². The van der Waals surface area contributed by atoms with E-state index in [1.165, 1.54) is 30.5 Å². The topological polar surface area (TPSA) is 55.1 Å². The third-order valence-corrected chi connectivity index (χ3v) is 4.24. The first-order valence-electron chi connectivity index (χ1n) is 7.94. The van der Waals surface area contributed by atoms with Gasteiger partial charge in [-0.3, -0.25) is 0 Å². The second-order valence-corrected chi connectivity index (χ2v) is 5.94. The van der Waals surface area contributed by atoms with Crippen molar-refractivity contribution in [1.29, 1.82) is 0 Å². The van der Waals surface area contributed by atoms with Gasteiger partial charge in [0.25, 0.3) is 5.78 Å². The molecule has 0 saturated heterocycles. The standard InChI is InChI=1S/C17H18FN5/c1-11-20-17-21-15-5-3-2-4-14(15)16(23(17)22-11)19-10-12-6-8-13(18)9-7-12/h6-9,19H,2-5,10H2,1H3. The Morgan fingerprint density at radius 1 is 1.13 bits per heavy atom. The van der Waals surface area contributed by atoms with E-state index < -0.39 is 0 Å². The second kappa shape index (κ2) is 5.61. The van der Waals surface area contributed by atoms with Gasteiger partial charge in [0, 0.05) is 12.1 Å². The number of aryl methyl sites for hydroxylation is 2. The monoisotopic (exact) mass is 311 g/mol. The number of anilines is 1. The number of aromatic nitrogens is 4. The van der Waals surface area contributed by atoms with Crippen LogP contribution in [-0.2, 0) is 19.4 Å². The van der Waals surface area contributed by atoms with E-state index in [9.17, 15) is 4.39 Å². The molecule has 2 heterocycles. The molecule has 3 aromatic rings. The number of hydrogen-bond donors (Lipinski definition) is 1. The molecule has 1 aliphatic carbocycles. The summed E-state index contributed by atoms with van der Waals surface area (Å²) >= 11 is 0. The van der Waals surface area contributed by atoms with Gasteiger partial charge in [-0.15, -0.1) is 5.10 Å². The highest BCUT2D eigenvalue weighted by atomic mass is 19.1. The Morgan fingerprint density at radius 3 is 2.74 bits per heavy atom. The minimum absolute atomic E-state index is 0.218. The lowest BCUT2D eigenvalue weighted by Gasteiger charge is -2.20. The molecule has 6 heteroatoms. The minimum atomic E-state index is -0.218. The van der Waals surface area contributed by atoms with Crippen molar-refractivity contribution in [2.24, 2.45) is 0 Å². The van der Waals surface area contributed by atoms with E-state index >= 15 is 0 Å². The maximum absolute atomic E-state index is 13.0. The molecule has 1 N–H and O–H groups in total. The van der Waals surface area contributed by atoms with Crippen molar-refractivity contribution in [3.05, 3.63) is 52.7 Å². The fourth-order valence-corrected chi connectivity index (χ4v) is 3.11. The van der Waals surface area contributed by atoms with Crippen LogP contribution in [0, 0.1) is 12.7 Å². The lowest BCUT2D eigenvalue weighted by Crippen LogP contribution is -2.15. The van der Waals surface area contributed by atoms with Crippen LogP contribution in [0.1, 0.15) is 35.5 Å². The molecule has 23 heavy (non-hydrogen) atoms. The van der Waals surface area contributed by atoms with E-state index in [1.807, 2.05) is 6.92 Å². The van der Waals surface area contributed by atoms with Crippen molar-refractivity contribution in [2.75, 3.05) is 5.32 Å². The van der Waals surface area contributed by atoms with Gasteiger partial charge in [0.2, 0.25) is 0 Å². The van der Waals surface area contributed by atoms with Gasteiger partial charge < -0.3 is 5.32 Å². The molecule has 118 valence electrons. The van der Waals surface area contributed by atoms with Crippen LogP contribution in [0.4, 0.5) is 10.2 Å². The summed E-state index contributed by atoms with van der Waals surface area (Å²) < 4.78 is 14.8. The summed E-state index contributed by atoms with van der Waals surface area (Å²) in [7, 11) is 0. The number of nitrogens with zero attached hydrogens (tertiary/aromatic N) is 4. The van der Waals surface area contributed by atoms with E-state index in [-0.39, 0.29) is 5.82 Å². The number of rotatable bonds is 3. The largest absolute Gasteiger partial charge is 0.366 e. The number of fused-ring (bicyclic) bond motifs is 2. The van der Waals surface area contributed by atoms with Crippen molar-refractivity contribution < 1.29 is 4.39 Å². The Balaban J connectivity index is 1.73. The molecule has 0 unspecified atom stereocenters. The van der Waals surface area contributed by atoms with Crippen molar-refractivity contribution >= 4 is 11.6 Å². The average molecular weight is 311 g/mol. The molecular weight excluding hydrogens is 293 g/mol. The molecule has 0 bridgehead atoms. The van der Waals surface area contributed by atoms with Crippen molar-refractivity contribution in [1.82, 2.24) is 19.6 Å². The summed E-state index contributed by atoms with van der Waals surface area (Å²) in [5.74, 6) is 2.10. The third kappa shape index (κ3) is 2.65. The van der Waals surface area contributed by atoms with Gasteiger partial charge >= 0.3 is 0 Å². The van der Waals surface area contributed by atoms with Gasteiger partial charge in [0.1, 0.15) is 17.5 Å². The summed E-state index contributed by atoms with van der Waals surface area (Å²) in [5.41, 5.74) is 3.38. The van der Waals surface area contributed by atoms with Gasteiger partial charge in [-0.2, -0.15) is 9.50 Å². The molecule has 0 saturated carbocycles. The first kappa shape index (κ1) is 14.1. The minimum Gasteiger partial charge on any atom is -0.366 e. The Kier molecular flexibility index (Phi) is 3.44. The van der Waals surface area contributed by atoms with Crippen LogP contribution in [0.15, 0.2) is 24.3 Å². The van der Waals surface area contributed by atoms with Crippen LogP contribution in [0.5, 0.6) is 0 Å². The highest BCUT2D eigenvalue weighted by molar-refractivity contribution is 5.54. The van der Waals surface area contributed by atoms with Crippen LogP contribution < -0.4 is 5.32 Å². The van der Waals surface area contributed by atoms with Crippen molar-refractivity contribution in [3.63, 3.8) is 0 Å². The van der Waals surface area contributed by atoms with Gasteiger partial charge in [-0.05, 0) is 50.3 Å². The summed E-state index contributed by atoms with van der Waals surface area (Å²) in [5, 5.41) is 7.93. The first-order valence-corrected chi connectivity index (χ1v) is 7.94. The van der Waals surface area contributed by atoms with Gasteiger partial charge in [-0.1, -0.05) is 12.1 Å². The lowest BCUT2D eigenvalue weighted by molar-refractivity contribution is 0.627. The summed E-state index contributed by atoms with van der Waals surface area (Å²) in [4.78, 5) is 9.06. The SMILES string of the molecule is Cc1nc2nc3c(c(NCc4ccc(F)cc4)n2n1)CCCC3. The van der Waals surface area contributed by atoms with Crippen LogP contribution in [-0.4, -0.2) is 19.6 Å². The number of benzene rings is 1. The molecule has 1 aromatic carbocycles. The fraction of sp³-hybridized carbons (Fsp3) is 0.353. The van der Waals surface area contributed by atoms with Gasteiger partial charge in [0.15, 0.2) is 0 Å². The Bertz CT molecular complexity index is 854. The highest BCUT2D eigenvalue weighted by Crippen LogP contribution is 2.27. The fourth-order valence-electron chi connectivity index (χ4n) is 3.11. The maximum Gasteiger partial charge on any atom is 0.254 e. The normalized spacial score (nSPS) is 14.0. The quantitative estimate of drug-likeness (QED) is 0.807. The predicted molar refractivity (Wildman–Crippen MR) is 85.9 cm³/mol. The molecule has 0 radical (unpaired) electrons. The number of hydrogen-bond acceptors (Lipinski definition) is 4. The Labute approximate surface area is 133 Å². The predicted octanol–water partition coefficient (Wildman–Crippen LogP) is 3.06. The smallest absolute Gasteiger partial charge is 0.254 e. The summed E-state index contributed by atoms with van der Waals surface area (Å²) in [6.45, 7) is 2.49. The van der Waals surface area contributed by atoms with E-state index in [2.05, 4.69) is 20.4 Å². The second-order valence-electron chi connectivity index (χ2n) is 5.94. The van der Waals surface area contributed by atoms with Crippen molar-refractivity contribution in [2.45, 2.75) is 39.2 Å². The molecule has 0 amide bonds. The molecule has 1 aliphatic rings. The van der Waals surface area contributed by atoms with E-state index in [0.717, 1.165) is 29.9 Å². The summed E-state index contributed by atoms with van der Waals surface area (Å²) in [6, 6.07) is 6.54. The third-order valence-electron chi connectivity index (χ3n) is 4.24. The van der Waals surface area contributed by atoms with Crippen LogP contribution in [0.3, 0.4) is 0 Å². The summed E-state index contributed by atoms with van der Waals surface area (Å²) in [6.07, 6.45) is 4.33. The molecule has 4 rings (SSSR count). The van der Waals surface area contributed by atoms with Gasteiger partial charge in [-0.25, -0.2) is 9.37 Å². The van der Waals surface area contributed by atoms with Crippen LogP contribution >= 0.6 is 0 Å². The first-order chi connectivity index (χ1) is 11.2. The highest BCUT2D eigenvalue weighted by Gasteiger charge is 2.20. The molecule has 0 aliphatic heterocycles. The number of nitrogens with one attached hydrogen (secondary N) is 1. The van der Waals surface area contributed by atoms with E-state index in [0.29, 0.717) is 18.1 Å².